The molecular formula is C13H9BrN2O3S. The third-order valence-corrected chi connectivity index (χ3v) is 4.59. The van der Waals surface area contributed by atoms with Crippen LogP contribution in [0.2, 0.25) is 0 Å². The van der Waals surface area contributed by atoms with Crippen molar-refractivity contribution < 1.29 is 14.7 Å². The summed E-state index contributed by atoms with van der Waals surface area (Å²) in [5.41, 5.74) is 1.22. The van der Waals surface area contributed by atoms with Crippen molar-refractivity contribution in [3.05, 3.63) is 44.9 Å². The molecule has 0 saturated heterocycles. The Labute approximate surface area is 126 Å². The third-order valence-electron chi connectivity index (χ3n) is 3.14. The molecule has 2 heterocycles. The number of rotatable bonds is 2. The minimum Gasteiger partial charge on any atom is -0.476 e. The fourth-order valence-corrected chi connectivity index (χ4v) is 3.63. The molecule has 0 fully saturated rings. The van der Waals surface area contributed by atoms with E-state index in [0.29, 0.717) is 12.1 Å². The van der Waals surface area contributed by atoms with Gasteiger partial charge in [-0.3, -0.25) is 4.79 Å². The fourth-order valence-electron chi connectivity index (χ4n) is 2.27. The van der Waals surface area contributed by atoms with E-state index < -0.39 is 5.97 Å². The summed E-state index contributed by atoms with van der Waals surface area (Å²) in [4.78, 5) is 23.7. The van der Waals surface area contributed by atoms with Crippen LogP contribution < -0.4 is 5.32 Å². The first-order valence-corrected chi connectivity index (χ1v) is 7.41. The van der Waals surface area contributed by atoms with E-state index in [1.807, 2.05) is 24.3 Å². The second-order valence-electron chi connectivity index (χ2n) is 4.44. The minimum absolute atomic E-state index is 0.0851. The van der Waals surface area contributed by atoms with Crippen LogP contribution in [0.15, 0.2) is 28.7 Å². The van der Waals surface area contributed by atoms with Crippen molar-refractivity contribution in [2.24, 2.45) is 0 Å². The van der Waals surface area contributed by atoms with Gasteiger partial charge >= 0.3 is 5.97 Å². The molecule has 0 radical (unpaired) electrons. The molecule has 1 aromatic heterocycles. The molecule has 2 aromatic rings. The Kier molecular flexibility index (Phi) is 3.31. The van der Waals surface area contributed by atoms with Crippen molar-refractivity contribution >= 4 is 45.0 Å². The van der Waals surface area contributed by atoms with Crippen LogP contribution in [0.25, 0.3) is 0 Å². The topological polar surface area (TPSA) is 79.3 Å². The molecular weight excluding hydrogens is 344 g/mol. The largest absolute Gasteiger partial charge is 0.476 e. The van der Waals surface area contributed by atoms with Crippen LogP contribution in [0.3, 0.4) is 0 Å². The molecule has 1 aromatic carbocycles. The van der Waals surface area contributed by atoms with Crippen molar-refractivity contribution in [1.29, 1.82) is 0 Å². The Morgan fingerprint density at radius 1 is 1.50 bits per heavy atom. The SMILES string of the molecule is O=C1CC(c2cccc(Br)c2)c2snc(C(=O)O)c2N1. The number of aromatic nitrogens is 1. The van der Waals surface area contributed by atoms with E-state index >= 15 is 0 Å². The van der Waals surface area contributed by atoms with E-state index in [4.69, 9.17) is 5.11 Å². The molecule has 0 bridgehead atoms. The van der Waals surface area contributed by atoms with Crippen LogP contribution in [0, 0.1) is 0 Å². The predicted molar refractivity (Wildman–Crippen MR) is 78.3 cm³/mol. The van der Waals surface area contributed by atoms with Crippen LogP contribution in [-0.4, -0.2) is 21.4 Å². The van der Waals surface area contributed by atoms with Crippen molar-refractivity contribution in [2.75, 3.05) is 5.32 Å². The van der Waals surface area contributed by atoms with Gasteiger partial charge in [-0.05, 0) is 29.2 Å². The summed E-state index contributed by atoms with van der Waals surface area (Å²) in [5.74, 6) is -1.47. The lowest BCUT2D eigenvalue weighted by molar-refractivity contribution is -0.116. The van der Waals surface area contributed by atoms with Gasteiger partial charge in [0, 0.05) is 16.8 Å². The van der Waals surface area contributed by atoms with Crippen LogP contribution in [0.4, 0.5) is 5.69 Å². The number of hydrogen-bond donors (Lipinski definition) is 2. The average molecular weight is 353 g/mol. The van der Waals surface area contributed by atoms with Gasteiger partial charge in [0.25, 0.3) is 0 Å². The number of nitrogens with one attached hydrogen (secondary N) is 1. The summed E-state index contributed by atoms with van der Waals surface area (Å²) < 4.78 is 4.87. The molecule has 7 heteroatoms. The van der Waals surface area contributed by atoms with E-state index in [1.54, 1.807) is 0 Å². The summed E-state index contributed by atoms with van der Waals surface area (Å²) >= 11 is 4.54. The number of carboxylic acids is 1. The van der Waals surface area contributed by atoms with Gasteiger partial charge in [0.15, 0.2) is 5.69 Å². The number of amides is 1. The fraction of sp³-hybridized carbons (Fsp3) is 0.154. The molecule has 1 aliphatic rings. The lowest BCUT2D eigenvalue weighted by Gasteiger charge is -2.22. The zero-order valence-corrected chi connectivity index (χ0v) is 12.5. The van der Waals surface area contributed by atoms with E-state index in [2.05, 4.69) is 25.6 Å². The second kappa shape index (κ2) is 4.99. The molecule has 0 aliphatic carbocycles. The third kappa shape index (κ3) is 2.23. The first-order chi connectivity index (χ1) is 9.56. The summed E-state index contributed by atoms with van der Waals surface area (Å²) in [6.45, 7) is 0. The molecule has 3 rings (SSSR count). The molecule has 0 saturated carbocycles. The Balaban J connectivity index is 2.11. The van der Waals surface area contributed by atoms with Crippen LogP contribution in [0.5, 0.6) is 0 Å². The number of aromatic carboxylic acids is 1. The van der Waals surface area contributed by atoms with Gasteiger partial charge in [0.1, 0.15) is 0 Å². The van der Waals surface area contributed by atoms with Gasteiger partial charge in [-0.1, -0.05) is 28.1 Å². The summed E-state index contributed by atoms with van der Waals surface area (Å²) in [5, 5.41) is 11.7. The van der Waals surface area contributed by atoms with Crippen molar-refractivity contribution in [3.63, 3.8) is 0 Å². The molecule has 1 atom stereocenters. The maximum atomic E-state index is 11.8. The number of halogens is 1. The number of nitrogens with zero attached hydrogens (tertiary/aromatic N) is 1. The number of fused-ring (bicyclic) bond motifs is 1. The maximum Gasteiger partial charge on any atom is 0.357 e. The zero-order chi connectivity index (χ0) is 14.3. The van der Waals surface area contributed by atoms with Crippen molar-refractivity contribution in [3.8, 4) is 0 Å². The zero-order valence-electron chi connectivity index (χ0n) is 10.1. The first kappa shape index (κ1) is 13.3. The smallest absolute Gasteiger partial charge is 0.357 e. The highest BCUT2D eigenvalue weighted by Crippen LogP contribution is 2.41. The lowest BCUT2D eigenvalue weighted by Crippen LogP contribution is -2.23. The molecule has 5 nitrogen and oxygen atoms in total. The minimum atomic E-state index is -1.13. The normalized spacial score (nSPS) is 17.4. The van der Waals surface area contributed by atoms with Crippen molar-refractivity contribution in [2.45, 2.75) is 12.3 Å². The lowest BCUT2D eigenvalue weighted by atomic mass is 9.90. The van der Waals surface area contributed by atoms with Gasteiger partial charge in [-0.25, -0.2) is 4.79 Å². The number of carbonyl (C=O) groups excluding carboxylic acids is 1. The molecule has 20 heavy (non-hydrogen) atoms. The highest BCUT2D eigenvalue weighted by atomic mass is 79.9. The van der Waals surface area contributed by atoms with Crippen molar-refractivity contribution in [1.82, 2.24) is 4.37 Å². The van der Waals surface area contributed by atoms with Gasteiger partial charge in [0.05, 0.1) is 10.6 Å². The number of carbonyl (C=O) groups is 2. The van der Waals surface area contributed by atoms with Crippen LogP contribution in [0.1, 0.15) is 33.3 Å². The number of benzene rings is 1. The molecule has 1 amide bonds. The molecule has 2 N–H and O–H groups in total. The van der Waals surface area contributed by atoms with E-state index in [0.717, 1.165) is 26.4 Å². The van der Waals surface area contributed by atoms with Crippen LogP contribution in [-0.2, 0) is 4.79 Å². The number of anilines is 1. The quantitative estimate of drug-likeness (QED) is 0.870. The first-order valence-electron chi connectivity index (χ1n) is 5.84. The summed E-state index contributed by atoms with van der Waals surface area (Å²) in [6, 6.07) is 7.67. The monoisotopic (exact) mass is 352 g/mol. The van der Waals surface area contributed by atoms with E-state index in [9.17, 15) is 9.59 Å². The Bertz CT molecular complexity index is 713. The Morgan fingerprint density at radius 3 is 3.00 bits per heavy atom. The standard InChI is InChI=1S/C13H9BrN2O3S/c14-7-3-1-2-6(4-7)8-5-9(17)15-10-11(13(18)19)16-20-12(8)10/h1-4,8H,5H2,(H,15,17)(H,18,19). The van der Waals surface area contributed by atoms with Gasteiger partial charge in [-0.15, -0.1) is 0 Å². The Morgan fingerprint density at radius 2 is 2.30 bits per heavy atom. The van der Waals surface area contributed by atoms with Gasteiger partial charge in [0.2, 0.25) is 5.91 Å². The van der Waals surface area contributed by atoms with Gasteiger partial charge < -0.3 is 10.4 Å². The second-order valence-corrected chi connectivity index (χ2v) is 6.16. The van der Waals surface area contributed by atoms with Gasteiger partial charge in [-0.2, -0.15) is 4.37 Å². The highest BCUT2D eigenvalue weighted by Gasteiger charge is 2.33. The predicted octanol–water partition coefficient (Wildman–Crippen LogP) is 3.08. The number of hydrogen-bond acceptors (Lipinski definition) is 4. The van der Waals surface area contributed by atoms with E-state index in [-0.39, 0.29) is 17.5 Å². The van der Waals surface area contributed by atoms with Crippen LogP contribution >= 0.6 is 27.5 Å². The molecule has 1 unspecified atom stereocenters. The highest BCUT2D eigenvalue weighted by molar-refractivity contribution is 9.10. The average Bonchev–Trinajstić information content (AvgIpc) is 2.81. The molecule has 0 spiro atoms. The van der Waals surface area contributed by atoms with E-state index in [1.165, 1.54) is 0 Å². The molecule has 102 valence electrons. The summed E-state index contributed by atoms with van der Waals surface area (Å²) in [7, 11) is 0. The Hall–Kier alpha value is -1.73. The summed E-state index contributed by atoms with van der Waals surface area (Å²) in [6.07, 6.45) is 0.296. The molecule has 1 aliphatic heterocycles. The number of carboxylic acid groups (broad SMARTS) is 1. The maximum absolute atomic E-state index is 11.8.